The first kappa shape index (κ1) is 17.2. The van der Waals surface area contributed by atoms with Gasteiger partial charge in [-0.05, 0) is 29.3 Å². The Hall–Kier alpha value is -3.20. The van der Waals surface area contributed by atoms with Gasteiger partial charge in [0.05, 0.1) is 22.1 Å². The van der Waals surface area contributed by atoms with Crippen LogP contribution in [0.2, 0.25) is 0 Å². The average molecular weight is 390 g/mol. The third-order valence-electron chi connectivity index (χ3n) is 4.06. The number of nitriles is 1. The fourth-order valence-corrected chi connectivity index (χ4v) is 3.97. The molecule has 2 aromatic heterocycles. The van der Waals surface area contributed by atoms with Gasteiger partial charge in [-0.2, -0.15) is 5.26 Å². The number of benzene rings is 2. The summed E-state index contributed by atoms with van der Waals surface area (Å²) < 4.78 is 0. The van der Waals surface area contributed by atoms with Gasteiger partial charge in [-0.25, -0.2) is 4.98 Å². The van der Waals surface area contributed by atoms with Crippen LogP contribution in [-0.4, -0.2) is 9.97 Å². The van der Waals surface area contributed by atoms with Gasteiger partial charge in [-0.15, -0.1) is 11.3 Å². The Bertz CT molecular complexity index is 1270. The third-order valence-corrected chi connectivity index (χ3v) is 5.22. The number of fused-ring (bicyclic) bond motifs is 1. The van der Waals surface area contributed by atoms with Gasteiger partial charge in [0.1, 0.15) is 4.83 Å². The van der Waals surface area contributed by atoms with Crippen molar-refractivity contribution in [3.63, 3.8) is 0 Å². The maximum atomic E-state index is 12.7. The fraction of sp³-hybridized carbons (Fsp3) is 0. The highest BCUT2D eigenvalue weighted by molar-refractivity contribution is 7.17. The van der Waals surface area contributed by atoms with Gasteiger partial charge in [0.25, 0.3) is 5.56 Å². The second-order valence-corrected chi connectivity index (χ2v) is 7.10. The Morgan fingerprint density at radius 2 is 2.00 bits per heavy atom. The van der Waals surface area contributed by atoms with Crippen LogP contribution in [0, 0.1) is 11.3 Å². The van der Waals surface area contributed by atoms with Gasteiger partial charge in [0.15, 0.2) is 5.82 Å². The molecule has 4 rings (SSSR count). The quantitative estimate of drug-likeness (QED) is 0.519. The highest BCUT2D eigenvalue weighted by atomic mass is 35.5. The lowest BCUT2D eigenvalue weighted by Crippen LogP contribution is -2.10. The molecule has 6 heteroatoms. The van der Waals surface area contributed by atoms with E-state index in [1.165, 1.54) is 11.3 Å². The number of halogens is 1. The van der Waals surface area contributed by atoms with Gasteiger partial charge in [-0.1, -0.05) is 54.1 Å². The van der Waals surface area contributed by atoms with Crippen LogP contribution in [0.4, 0.5) is 0 Å². The number of rotatable bonds is 3. The van der Waals surface area contributed by atoms with E-state index in [0.717, 1.165) is 16.7 Å². The van der Waals surface area contributed by atoms with Crippen LogP contribution in [0.1, 0.15) is 17.0 Å². The SMILES string of the molecule is N#Cc1cccc(/C=C(\Cl)c2nc3scc(-c4ccccc4)c3c(=O)[nH]2)c1. The van der Waals surface area contributed by atoms with E-state index in [4.69, 9.17) is 16.9 Å². The molecule has 0 saturated heterocycles. The predicted octanol–water partition coefficient (Wildman–Crippen LogP) is 5.26. The van der Waals surface area contributed by atoms with Gasteiger partial charge < -0.3 is 4.98 Å². The van der Waals surface area contributed by atoms with Crippen LogP contribution in [-0.2, 0) is 0 Å². The minimum atomic E-state index is -0.229. The van der Waals surface area contributed by atoms with Crippen molar-refractivity contribution in [2.45, 2.75) is 0 Å². The fourth-order valence-electron chi connectivity index (χ4n) is 2.80. The van der Waals surface area contributed by atoms with Crippen molar-refractivity contribution in [2.75, 3.05) is 0 Å². The molecule has 130 valence electrons. The summed E-state index contributed by atoms with van der Waals surface area (Å²) in [5, 5.41) is 11.8. The molecule has 0 aliphatic carbocycles. The van der Waals surface area contributed by atoms with E-state index in [0.29, 0.717) is 26.6 Å². The van der Waals surface area contributed by atoms with Crippen molar-refractivity contribution in [1.29, 1.82) is 5.26 Å². The van der Waals surface area contributed by atoms with E-state index in [1.807, 2.05) is 41.8 Å². The first-order valence-corrected chi connectivity index (χ1v) is 9.36. The van der Waals surface area contributed by atoms with Crippen LogP contribution in [0.5, 0.6) is 0 Å². The highest BCUT2D eigenvalue weighted by Gasteiger charge is 2.14. The molecular formula is C21H12ClN3OS. The number of nitrogens with zero attached hydrogens (tertiary/aromatic N) is 2. The zero-order valence-corrected chi connectivity index (χ0v) is 15.5. The van der Waals surface area contributed by atoms with Crippen LogP contribution < -0.4 is 5.56 Å². The Balaban J connectivity index is 1.79. The van der Waals surface area contributed by atoms with Gasteiger partial charge in [-0.3, -0.25) is 4.79 Å². The second kappa shape index (κ2) is 7.20. The van der Waals surface area contributed by atoms with Crippen LogP contribution in [0.3, 0.4) is 0 Å². The lowest BCUT2D eigenvalue weighted by Gasteiger charge is -2.02. The molecular weight excluding hydrogens is 378 g/mol. The van der Waals surface area contributed by atoms with E-state index < -0.39 is 0 Å². The summed E-state index contributed by atoms with van der Waals surface area (Å²) in [6.07, 6.45) is 1.68. The Labute approximate surface area is 164 Å². The zero-order chi connectivity index (χ0) is 18.8. The van der Waals surface area contributed by atoms with Crippen molar-refractivity contribution < 1.29 is 0 Å². The number of nitrogens with one attached hydrogen (secondary N) is 1. The molecule has 1 N–H and O–H groups in total. The maximum Gasteiger partial charge on any atom is 0.260 e. The lowest BCUT2D eigenvalue weighted by molar-refractivity contribution is 1.14. The van der Waals surface area contributed by atoms with Gasteiger partial charge >= 0.3 is 0 Å². The Kier molecular flexibility index (Phi) is 4.59. The molecule has 0 aliphatic heterocycles. The van der Waals surface area contributed by atoms with Crippen LogP contribution >= 0.6 is 22.9 Å². The maximum absolute atomic E-state index is 12.7. The first-order valence-electron chi connectivity index (χ1n) is 8.10. The summed E-state index contributed by atoms with van der Waals surface area (Å²) in [6.45, 7) is 0. The second-order valence-electron chi connectivity index (χ2n) is 5.84. The molecule has 2 aromatic carbocycles. The minimum absolute atomic E-state index is 0.229. The van der Waals surface area contributed by atoms with Crippen molar-refractivity contribution >= 4 is 44.3 Å². The van der Waals surface area contributed by atoms with E-state index in [1.54, 1.807) is 24.3 Å². The molecule has 4 aromatic rings. The summed E-state index contributed by atoms with van der Waals surface area (Å²) in [5.41, 5.74) is 2.90. The molecule has 0 unspecified atom stereocenters. The molecule has 0 fully saturated rings. The van der Waals surface area contributed by atoms with E-state index in [9.17, 15) is 4.79 Å². The molecule has 0 atom stereocenters. The average Bonchev–Trinajstić information content (AvgIpc) is 3.13. The molecule has 4 nitrogen and oxygen atoms in total. The number of aromatic amines is 1. The number of hydrogen-bond donors (Lipinski definition) is 1. The standard InChI is InChI=1S/C21H12ClN3OS/c22-17(10-13-5-4-6-14(9-13)11-23)19-24-20(26)18-16(12-27-21(18)25-19)15-7-2-1-3-8-15/h1-10,12H,(H,24,25,26)/b17-10-. The highest BCUT2D eigenvalue weighted by Crippen LogP contribution is 2.31. The summed E-state index contributed by atoms with van der Waals surface area (Å²) >= 11 is 7.79. The topological polar surface area (TPSA) is 69.5 Å². The van der Waals surface area contributed by atoms with Crippen LogP contribution in [0.15, 0.2) is 64.8 Å². The third kappa shape index (κ3) is 3.41. The smallest absolute Gasteiger partial charge is 0.260 e. The van der Waals surface area contributed by atoms with Crippen molar-refractivity contribution in [2.24, 2.45) is 0 Å². The van der Waals surface area contributed by atoms with Crippen molar-refractivity contribution in [3.05, 3.63) is 87.3 Å². The number of hydrogen-bond acceptors (Lipinski definition) is 4. The number of aromatic nitrogens is 2. The van der Waals surface area contributed by atoms with Gasteiger partial charge in [0.2, 0.25) is 0 Å². The molecule has 0 aliphatic rings. The molecule has 0 amide bonds. The summed E-state index contributed by atoms with van der Waals surface area (Å²) in [5.74, 6) is 0.304. The first-order chi connectivity index (χ1) is 13.2. The molecule has 27 heavy (non-hydrogen) atoms. The summed E-state index contributed by atoms with van der Waals surface area (Å²) in [7, 11) is 0. The number of H-pyrrole nitrogens is 1. The lowest BCUT2D eigenvalue weighted by atomic mass is 10.1. The minimum Gasteiger partial charge on any atom is -0.305 e. The van der Waals surface area contributed by atoms with Gasteiger partial charge in [0, 0.05) is 10.9 Å². The zero-order valence-electron chi connectivity index (χ0n) is 13.9. The summed E-state index contributed by atoms with van der Waals surface area (Å²) in [4.78, 5) is 20.6. The molecule has 0 spiro atoms. The monoisotopic (exact) mass is 389 g/mol. The molecule has 2 heterocycles. The molecule has 0 radical (unpaired) electrons. The predicted molar refractivity (Wildman–Crippen MR) is 111 cm³/mol. The molecule has 0 saturated carbocycles. The van der Waals surface area contributed by atoms with Crippen molar-refractivity contribution in [3.8, 4) is 17.2 Å². The number of thiophene rings is 1. The Morgan fingerprint density at radius 1 is 1.19 bits per heavy atom. The van der Waals surface area contributed by atoms with E-state index in [-0.39, 0.29) is 5.56 Å². The van der Waals surface area contributed by atoms with E-state index in [2.05, 4.69) is 16.0 Å². The van der Waals surface area contributed by atoms with Crippen molar-refractivity contribution in [1.82, 2.24) is 9.97 Å². The largest absolute Gasteiger partial charge is 0.305 e. The van der Waals surface area contributed by atoms with E-state index >= 15 is 0 Å². The van der Waals surface area contributed by atoms with Crippen LogP contribution in [0.25, 0.3) is 32.5 Å². The summed E-state index contributed by atoms with van der Waals surface area (Å²) in [6, 6.07) is 18.9. The normalized spacial score (nSPS) is 11.5. The Morgan fingerprint density at radius 3 is 2.78 bits per heavy atom. The molecule has 0 bridgehead atoms.